The van der Waals surface area contributed by atoms with Crippen molar-refractivity contribution in [2.45, 2.75) is 12.8 Å². The van der Waals surface area contributed by atoms with Crippen LogP contribution >= 0.6 is 11.6 Å². The number of carboxylic acids is 1. The van der Waals surface area contributed by atoms with E-state index in [2.05, 4.69) is 0 Å². The van der Waals surface area contributed by atoms with E-state index >= 15 is 0 Å². The van der Waals surface area contributed by atoms with Crippen LogP contribution in [0.15, 0.2) is 18.2 Å². The predicted molar refractivity (Wildman–Crippen MR) is 57.1 cm³/mol. The molecule has 0 aliphatic rings. The molecule has 0 fully saturated rings. The summed E-state index contributed by atoms with van der Waals surface area (Å²) in [4.78, 5) is 21.7. The Bertz CT molecular complexity index is 404. The molecule has 0 aliphatic heterocycles. The van der Waals surface area contributed by atoms with Gasteiger partial charge >= 0.3 is 5.97 Å². The number of benzene rings is 1. The zero-order valence-electron chi connectivity index (χ0n) is 7.87. The third kappa shape index (κ3) is 3.25. The van der Waals surface area contributed by atoms with Gasteiger partial charge in [0.25, 0.3) is 0 Å². The van der Waals surface area contributed by atoms with Gasteiger partial charge in [-0.3, -0.25) is 9.59 Å². The number of hydrogen-bond acceptors (Lipinski definition) is 3. The van der Waals surface area contributed by atoms with Gasteiger partial charge in [0, 0.05) is 12.0 Å². The number of halogens is 1. The Kier molecular flexibility index (Phi) is 3.68. The molecule has 0 bridgehead atoms. The van der Waals surface area contributed by atoms with Gasteiger partial charge in [0.2, 0.25) is 0 Å². The fraction of sp³-hybridized carbons (Fsp3) is 0.200. The number of carbonyl (C=O) groups is 2. The number of ketones is 1. The number of Topliss-reactive ketones (excluding diaryl/α,β-unsaturated/α-hetero) is 1. The molecule has 3 N–H and O–H groups in total. The second kappa shape index (κ2) is 4.79. The molecule has 0 amide bonds. The SMILES string of the molecule is Nc1ccc(C(=O)CCC(=O)O)cc1Cl. The third-order valence-electron chi connectivity index (χ3n) is 1.89. The maximum absolute atomic E-state index is 11.4. The third-order valence-corrected chi connectivity index (χ3v) is 2.22. The highest BCUT2D eigenvalue weighted by molar-refractivity contribution is 6.33. The summed E-state index contributed by atoms with van der Waals surface area (Å²) in [5.41, 5.74) is 6.25. The summed E-state index contributed by atoms with van der Waals surface area (Å²) in [5.74, 6) is -1.25. The lowest BCUT2D eigenvalue weighted by molar-refractivity contribution is -0.136. The Morgan fingerprint density at radius 3 is 2.53 bits per heavy atom. The maximum atomic E-state index is 11.4. The molecular weight excluding hydrogens is 218 g/mol. The van der Waals surface area contributed by atoms with Gasteiger partial charge in [-0.1, -0.05) is 11.6 Å². The summed E-state index contributed by atoms with van der Waals surface area (Å²) in [7, 11) is 0. The van der Waals surface area contributed by atoms with Crippen molar-refractivity contribution < 1.29 is 14.7 Å². The Morgan fingerprint density at radius 2 is 2.00 bits per heavy atom. The van der Waals surface area contributed by atoms with Gasteiger partial charge in [0.05, 0.1) is 17.1 Å². The molecule has 0 aromatic heterocycles. The zero-order chi connectivity index (χ0) is 11.4. The maximum Gasteiger partial charge on any atom is 0.303 e. The van der Waals surface area contributed by atoms with Gasteiger partial charge in [-0.2, -0.15) is 0 Å². The summed E-state index contributed by atoms with van der Waals surface area (Å²) in [6.45, 7) is 0. The van der Waals surface area contributed by atoms with Crippen molar-refractivity contribution in [3.05, 3.63) is 28.8 Å². The van der Waals surface area contributed by atoms with Crippen molar-refractivity contribution in [2.75, 3.05) is 5.73 Å². The molecule has 0 atom stereocenters. The van der Waals surface area contributed by atoms with Crippen LogP contribution in [0.2, 0.25) is 5.02 Å². The molecular formula is C10H10ClNO3. The van der Waals surface area contributed by atoms with E-state index < -0.39 is 5.97 Å². The Hall–Kier alpha value is -1.55. The van der Waals surface area contributed by atoms with Gasteiger partial charge < -0.3 is 10.8 Å². The first-order valence-electron chi connectivity index (χ1n) is 4.30. The Morgan fingerprint density at radius 1 is 1.33 bits per heavy atom. The number of nitrogen functional groups attached to an aromatic ring is 1. The molecule has 1 aromatic carbocycles. The molecule has 5 heteroatoms. The second-order valence-corrected chi connectivity index (χ2v) is 3.46. The standard InChI is InChI=1S/C10H10ClNO3/c11-7-5-6(1-2-8(7)12)9(13)3-4-10(14)15/h1-2,5H,3-4,12H2,(H,14,15). The Labute approximate surface area is 91.7 Å². The van der Waals surface area contributed by atoms with Crippen molar-refractivity contribution in [1.82, 2.24) is 0 Å². The molecule has 1 aromatic rings. The number of hydrogen-bond donors (Lipinski definition) is 2. The van der Waals surface area contributed by atoms with Crippen LogP contribution < -0.4 is 5.73 Å². The topological polar surface area (TPSA) is 80.4 Å². The van der Waals surface area contributed by atoms with Crippen LogP contribution in [0.3, 0.4) is 0 Å². The fourth-order valence-corrected chi connectivity index (χ4v) is 1.25. The highest BCUT2D eigenvalue weighted by Crippen LogP contribution is 2.20. The molecule has 15 heavy (non-hydrogen) atoms. The molecule has 0 radical (unpaired) electrons. The summed E-state index contributed by atoms with van der Waals surface area (Å²) in [5, 5.41) is 8.71. The van der Waals surface area contributed by atoms with Gasteiger partial charge in [-0.15, -0.1) is 0 Å². The zero-order valence-corrected chi connectivity index (χ0v) is 8.62. The van der Waals surface area contributed by atoms with E-state index in [0.717, 1.165) is 0 Å². The van der Waals surface area contributed by atoms with Gasteiger partial charge in [-0.05, 0) is 18.2 Å². The molecule has 0 heterocycles. The van der Waals surface area contributed by atoms with Crippen molar-refractivity contribution in [2.24, 2.45) is 0 Å². The fourth-order valence-electron chi connectivity index (χ4n) is 1.07. The number of anilines is 1. The number of aliphatic carboxylic acids is 1. The highest BCUT2D eigenvalue weighted by Gasteiger charge is 2.09. The highest BCUT2D eigenvalue weighted by atomic mass is 35.5. The van der Waals surface area contributed by atoms with Crippen molar-refractivity contribution in [3.63, 3.8) is 0 Å². The van der Waals surface area contributed by atoms with E-state index in [0.29, 0.717) is 16.3 Å². The molecule has 1 rings (SSSR count). The first-order chi connectivity index (χ1) is 7.00. The lowest BCUT2D eigenvalue weighted by Crippen LogP contribution is -2.04. The molecule has 0 saturated carbocycles. The number of rotatable bonds is 4. The molecule has 80 valence electrons. The summed E-state index contributed by atoms with van der Waals surface area (Å²) < 4.78 is 0. The van der Waals surface area contributed by atoms with Crippen LogP contribution in [0.25, 0.3) is 0 Å². The smallest absolute Gasteiger partial charge is 0.303 e. The van der Waals surface area contributed by atoms with Crippen molar-refractivity contribution in [3.8, 4) is 0 Å². The van der Waals surface area contributed by atoms with Crippen LogP contribution in [0.5, 0.6) is 0 Å². The summed E-state index contributed by atoms with van der Waals surface area (Å²) in [6.07, 6.45) is -0.212. The minimum absolute atomic E-state index is 0.0322. The molecule has 0 spiro atoms. The van der Waals surface area contributed by atoms with Crippen LogP contribution in [0.4, 0.5) is 5.69 Å². The van der Waals surface area contributed by atoms with Crippen LogP contribution in [-0.2, 0) is 4.79 Å². The van der Waals surface area contributed by atoms with E-state index in [9.17, 15) is 9.59 Å². The average molecular weight is 228 g/mol. The predicted octanol–water partition coefficient (Wildman–Crippen LogP) is 1.97. The van der Waals surface area contributed by atoms with E-state index in [1.54, 1.807) is 0 Å². The summed E-state index contributed by atoms with van der Waals surface area (Å²) in [6, 6.07) is 4.50. The monoisotopic (exact) mass is 227 g/mol. The van der Waals surface area contributed by atoms with E-state index in [1.807, 2.05) is 0 Å². The van der Waals surface area contributed by atoms with Crippen molar-refractivity contribution in [1.29, 1.82) is 0 Å². The van der Waals surface area contributed by atoms with Gasteiger partial charge in [0.15, 0.2) is 5.78 Å². The van der Waals surface area contributed by atoms with Gasteiger partial charge in [-0.25, -0.2) is 0 Å². The Balaban J connectivity index is 2.74. The first kappa shape index (κ1) is 11.5. The van der Waals surface area contributed by atoms with Crippen LogP contribution in [-0.4, -0.2) is 16.9 Å². The normalized spacial score (nSPS) is 9.93. The number of nitrogens with two attached hydrogens (primary N) is 1. The number of carboxylic acid groups (broad SMARTS) is 1. The van der Waals surface area contributed by atoms with E-state index in [1.165, 1.54) is 18.2 Å². The minimum Gasteiger partial charge on any atom is -0.481 e. The lowest BCUT2D eigenvalue weighted by Gasteiger charge is -2.02. The quantitative estimate of drug-likeness (QED) is 0.609. The lowest BCUT2D eigenvalue weighted by atomic mass is 10.1. The molecule has 0 unspecified atom stereocenters. The van der Waals surface area contributed by atoms with Crippen molar-refractivity contribution >= 4 is 29.0 Å². The first-order valence-corrected chi connectivity index (χ1v) is 4.68. The average Bonchev–Trinajstić information content (AvgIpc) is 2.18. The second-order valence-electron chi connectivity index (χ2n) is 3.05. The van der Waals surface area contributed by atoms with E-state index in [-0.39, 0.29) is 18.6 Å². The van der Waals surface area contributed by atoms with Gasteiger partial charge in [0.1, 0.15) is 0 Å². The largest absolute Gasteiger partial charge is 0.481 e. The van der Waals surface area contributed by atoms with E-state index in [4.69, 9.17) is 22.4 Å². The van der Waals surface area contributed by atoms with Crippen LogP contribution in [0.1, 0.15) is 23.2 Å². The molecule has 0 aliphatic carbocycles. The molecule has 4 nitrogen and oxygen atoms in total. The minimum atomic E-state index is -0.995. The molecule has 0 saturated heterocycles. The summed E-state index contributed by atoms with van der Waals surface area (Å²) >= 11 is 5.73. The number of carbonyl (C=O) groups excluding carboxylic acids is 1. The van der Waals surface area contributed by atoms with Crippen LogP contribution in [0, 0.1) is 0 Å².